The monoisotopic (exact) mass is 290 g/mol. The van der Waals surface area contributed by atoms with Gasteiger partial charge in [-0.1, -0.05) is 51.3 Å². The largest absolute Gasteiger partial charge is 0.426 e. The lowest BCUT2D eigenvalue weighted by molar-refractivity contribution is -0.136. The van der Waals surface area contributed by atoms with Gasteiger partial charge >= 0.3 is 5.97 Å². The van der Waals surface area contributed by atoms with Crippen LogP contribution >= 0.6 is 0 Å². The maximum absolute atomic E-state index is 11.8. The van der Waals surface area contributed by atoms with Crippen molar-refractivity contribution in [1.82, 2.24) is 0 Å². The molecule has 0 aliphatic rings. The average Bonchev–Trinajstić information content (AvgIpc) is 2.50. The van der Waals surface area contributed by atoms with Gasteiger partial charge in [0.15, 0.2) is 0 Å². The highest BCUT2D eigenvalue weighted by atomic mass is 16.5. The minimum absolute atomic E-state index is 0.159. The molecule has 0 unspecified atom stereocenters. The normalized spacial score (nSPS) is 10.4. The molecular weight excluding hydrogens is 264 g/mol. The number of ether oxygens (including phenoxy) is 1. The van der Waals surface area contributed by atoms with Gasteiger partial charge in [0.1, 0.15) is 11.5 Å². The summed E-state index contributed by atoms with van der Waals surface area (Å²) in [6, 6.07) is 7.52. The van der Waals surface area contributed by atoms with Crippen molar-refractivity contribution in [2.24, 2.45) is 0 Å². The zero-order chi connectivity index (χ0) is 15.5. The Kier molecular flexibility index (Phi) is 8.41. The molecule has 0 heterocycles. The summed E-state index contributed by atoms with van der Waals surface area (Å²) < 4.78 is 5.34. The van der Waals surface area contributed by atoms with Gasteiger partial charge in [-0.05, 0) is 24.5 Å². The molecule has 0 saturated heterocycles. The van der Waals surface area contributed by atoms with Gasteiger partial charge in [-0.25, -0.2) is 0 Å². The Hall–Kier alpha value is -1.64. The van der Waals surface area contributed by atoms with E-state index in [0.29, 0.717) is 18.6 Å². The average molecular weight is 290 g/mol. The van der Waals surface area contributed by atoms with Crippen molar-refractivity contribution < 1.29 is 14.3 Å². The number of unbranched alkanes of at least 4 members (excludes halogenated alkanes) is 3. The molecule has 0 radical (unpaired) electrons. The number of benzene rings is 1. The van der Waals surface area contributed by atoms with Crippen LogP contribution in [0.1, 0.15) is 64.4 Å². The van der Waals surface area contributed by atoms with E-state index in [1.54, 1.807) is 6.07 Å². The molecule has 1 aromatic rings. The van der Waals surface area contributed by atoms with Gasteiger partial charge in [-0.2, -0.15) is 0 Å². The summed E-state index contributed by atoms with van der Waals surface area (Å²) in [4.78, 5) is 23.5. The summed E-state index contributed by atoms with van der Waals surface area (Å²) in [6.45, 7) is 4.17. The first-order valence-electron chi connectivity index (χ1n) is 7.97. The van der Waals surface area contributed by atoms with Gasteiger partial charge < -0.3 is 4.74 Å². The van der Waals surface area contributed by atoms with Crippen molar-refractivity contribution in [3.8, 4) is 5.75 Å². The van der Waals surface area contributed by atoms with Gasteiger partial charge in [0.05, 0.1) is 6.42 Å². The lowest BCUT2D eigenvalue weighted by atomic mass is 10.1. The number of ketones is 1. The van der Waals surface area contributed by atoms with Crippen LogP contribution in [-0.4, -0.2) is 11.8 Å². The number of hydrogen-bond donors (Lipinski definition) is 0. The van der Waals surface area contributed by atoms with E-state index in [-0.39, 0.29) is 18.2 Å². The Morgan fingerprint density at radius 1 is 0.952 bits per heavy atom. The van der Waals surface area contributed by atoms with Crippen LogP contribution in [0.3, 0.4) is 0 Å². The highest BCUT2D eigenvalue weighted by Gasteiger charge is 2.10. The molecule has 0 bridgehead atoms. The number of rotatable bonds is 10. The number of aryl methyl sites for hydroxylation is 1. The first-order chi connectivity index (χ1) is 10.2. The first-order valence-corrected chi connectivity index (χ1v) is 7.97. The molecular formula is C18H26O3. The number of Topliss-reactive ketones (excluding diaryl/α,β-unsaturated/α-hetero) is 1. The quantitative estimate of drug-likeness (QED) is 0.362. The predicted molar refractivity (Wildman–Crippen MR) is 84.5 cm³/mol. The molecule has 21 heavy (non-hydrogen) atoms. The Labute approximate surface area is 127 Å². The summed E-state index contributed by atoms with van der Waals surface area (Å²) in [5, 5.41) is 0. The molecule has 116 valence electrons. The van der Waals surface area contributed by atoms with E-state index >= 15 is 0 Å². The van der Waals surface area contributed by atoms with E-state index in [2.05, 4.69) is 6.92 Å². The van der Waals surface area contributed by atoms with Crippen molar-refractivity contribution in [3.05, 3.63) is 29.8 Å². The molecule has 0 amide bonds. The number of para-hydroxylation sites is 1. The zero-order valence-corrected chi connectivity index (χ0v) is 13.2. The fourth-order valence-electron chi connectivity index (χ4n) is 2.18. The van der Waals surface area contributed by atoms with Gasteiger partial charge in [0.2, 0.25) is 0 Å². The molecule has 0 N–H and O–H groups in total. The zero-order valence-electron chi connectivity index (χ0n) is 13.2. The fourth-order valence-corrected chi connectivity index (χ4v) is 2.18. The van der Waals surface area contributed by atoms with E-state index in [0.717, 1.165) is 31.2 Å². The van der Waals surface area contributed by atoms with E-state index in [1.165, 1.54) is 6.42 Å². The molecule has 0 atom stereocenters. The van der Waals surface area contributed by atoms with Crippen molar-refractivity contribution in [1.29, 1.82) is 0 Å². The Balaban J connectivity index is 2.29. The minimum atomic E-state index is -0.321. The van der Waals surface area contributed by atoms with Crippen LogP contribution in [0.4, 0.5) is 0 Å². The second-order valence-electron chi connectivity index (χ2n) is 5.28. The van der Waals surface area contributed by atoms with Crippen LogP contribution in [0.15, 0.2) is 24.3 Å². The lowest BCUT2D eigenvalue weighted by Gasteiger charge is -2.08. The van der Waals surface area contributed by atoms with Crippen LogP contribution in [0.25, 0.3) is 0 Å². The van der Waals surface area contributed by atoms with Crippen LogP contribution < -0.4 is 4.74 Å². The third-order valence-electron chi connectivity index (χ3n) is 3.49. The van der Waals surface area contributed by atoms with Crippen LogP contribution in [0.5, 0.6) is 5.75 Å². The minimum Gasteiger partial charge on any atom is -0.426 e. The lowest BCUT2D eigenvalue weighted by Crippen LogP contribution is -2.11. The molecule has 0 aliphatic heterocycles. The molecule has 1 aromatic carbocycles. The summed E-state index contributed by atoms with van der Waals surface area (Å²) in [6.07, 6.45) is 6.22. The third kappa shape index (κ3) is 7.07. The summed E-state index contributed by atoms with van der Waals surface area (Å²) in [5.41, 5.74) is 1.01. The molecule has 0 saturated carbocycles. The Morgan fingerprint density at radius 3 is 2.43 bits per heavy atom. The van der Waals surface area contributed by atoms with Gasteiger partial charge in [0.25, 0.3) is 0 Å². The molecule has 0 spiro atoms. The van der Waals surface area contributed by atoms with Gasteiger partial charge in [-0.15, -0.1) is 0 Å². The van der Waals surface area contributed by atoms with Crippen molar-refractivity contribution in [2.75, 3.05) is 0 Å². The SMILES string of the molecule is CCCCCCC(=O)CCC(=O)Oc1ccccc1CC. The number of carbonyl (C=O) groups is 2. The third-order valence-corrected chi connectivity index (χ3v) is 3.49. The number of carbonyl (C=O) groups excluding carboxylic acids is 2. The van der Waals surface area contributed by atoms with Gasteiger partial charge in [0, 0.05) is 12.8 Å². The Bertz CT molecular complexity index is 452. The predicted octanol–water partition coefficient (Wildman–Crippen LogP) is 4.47. The van der Waals surface area contributed by atoms with E-state index < -0.39 is 0 Å². The summed E-state index contributed by atoms with van der Waals surface area (Å²) in [7, 11) is 0. The standard InChI is InChI=1S/C18H26O3/c1-3-5-6-7-11-16(19)13-14-18(20)21-17-12-9-8-10-15(17)4-2/h8-10,12H,3-7,11,13-14H2,1-2H3. The second-order valence-corrected chi connectivity index (χ2v) is 5.28. The fraction of sp³-hybridized carbons (Fsp3) is 0.556. The topological polar surface area (TPSA) is 43.4 Å². The van der Waals surface area contributed by atoms with Crippen molar-refractivity contribution in [3.63, 3.8) is 0 Å². The molecule has 0 aromatic heterocycles. The van der Waals surface area contributed by atoms with Crippen molar-refractivity contribution >= 4 is 11.8 Å². The second kappa shape index (κ2) is 10.1. The first kappa shape index (κ1) is 17.4. The molecule has 0 fully saturated rings. The maximum atomic E-state index is 11.8. The smallest absolute Gasteiger partial charge is 0.311 e. The van der Waals surface area contributed by atoms with E-state index in [1.807, 2.05) is 25.1 Å². The van der Waals surface area contributed by atoms with Crippen LogP contribution in [0.2, 0.25) is 0 Å². The number of hydrogen-bond acceptors (Lipinski definition) is 3. The molecule has 3 heteroatoms. The summed E-state index contributed by atoms with van der Waals surface area (Å²) in [5.74, 6) is 0.449. The molecule has 3 nitrogen and oxygen atoms in total. The molecule has 1 rings (SSSR count). The van der Waals surface area contributed by atoms with Crippen LogP contribution in [-0.2, 0) is 16.0 Å². The van der Waals surface area contributed by atoms with Crippen LogP contribution in [0, 0.1) is 0 Å². The molecule has 0 aliphatic carbocycles. The maximum Gasteiger partial charge on any atom is 0.311 e. The van der Waals surface area contributed by atoms with Gasteiger partial charge in [-0.3, -0.25) is 9.59 Å². The van der Waals surface area contributed by atoms with E-state index in [9.17, 15) is 9.59 Å². The summed E-state index contributed by atoms with van der Waals surface area (Å²) >= 11 is 0. The highest BCUT2D eigenvalue weighted by molar-refractivity contribution is 5.83. The van der Waals surface area contributed by atoms with Crippen molar-refractivity contribution in [2.45, 2.75) is 65.2 Å². The Morgan fingerprint density at radius 2 is 1.71 bits per heavy atom. The highest BCUT2D eigenvalue weighted by Crippen LogP contribution is 2.19. The number of esters is 1. The van der Waals surface area contributed by atoms with E-state index in [4.69, 9.17) is 4.74 Å².